The van der Waals surface area contributed by atoms with Crippen molar-refractivity contribution in [3.8, 4) is 0 Å². The van der Waals surface area contributed by atoms with Gasteiger partial charge in [0.05, 0.1) is 30.5 Å². The third-order valence-electron chi connectivity index (χ3n) is 4.78. The van der Waals surface area contributed by atoms with Gasteiger partial charge in [-0.1, -0.05) is 0 Å². The average molecular weight is 362 g/mol. The lowest BCUT2D eigenvalue weighted by atomic mass is 10.0. The van der Waals surface area contributed by atoms with E-state index in [1.165, 1.54) is 7.11 Å². The summed E-state index contributed by atoms with van der Waals surface area (Å²) in [5.41, 5.74) is 0.375. The molecule has 4 heterocycles. The third kappa shape index (κ3) is 2.85. The van der Waals surface area contributed by atoms with Crippen LogP contribution in [0.3, 0.4) is 0 Å². The Morgan fingerprint density at radius 1 is 1.46 bits per heavy atom. The summed E-state index contributed by atoms with van der Waals surface area (Å²) in [5.74, 6) is -1.03. The van der Waals surface area contributed by atoms with E-state index < -0.39 is 23.5 Å². The van der Waals surface area contributed by atoms with Crippen molar-refractivity contribution in [2.45, 2.75) is 18.0 Å². The Morgan fingerprint density at radius 2 is 2.31 bits per heavy atom. The molecule has 0 spiro atoms. The minimum Gasteiger partial charge on any atom is -0.381 e. The number of carbonyl (C=O) groups is 2. The summed E-state index contributed by atoms with van der Waals surface area (Å²) in [6.45, 7) is 0.886. The van der Waals surface area contributed by atoms with Crippen LogP contribution in [0.2, 0.25) is 0 Å². The van der Waals surface area contributed by atoms with Crippen LogP contribution < -0.4 is 15.5 Å². The molecule has 2 fully saturated rings. The summed E-state index contributed by atoms with van der Waals surface area (Å²) >= 11 is 0. The maximum atomic E-state index is 14.8. The number of alkyl halides is 1. The molecule has 2 aliphatic heterocycles. The number of fused-ring (bicyclic) bond motifs is 1. The summed E-state index contributed by atoms with van der Waals surface area (Å²) in [6, 6.07) is 1.24. The fourth-order valence-corrected chi connectivity index (χ4v) is 3.51. The highest BCUT2D eigenvalue weighted by Gasteiger charge is 2.40. The van der Waals surface area contributed by atoms with E-state index in [2.05, 4.69) is 20.7 Å². The van der Waals surface area contributed by atoms with Crippen molar-refractivity contribution in [3.63, 3.8) is 0 Å². The highest BCUT2D eigenvalue weighted by Crippen LogP contribution is 2.33. The molecule has 2 atom stereocenters. The first-order valence-electron chi connectivity index (χ1n) is 8.35. The van der Waals surface area contributed by atoms with Gasteiger partial charge >= 0.3 is 6.03 Å². The number of rotatable bonds is 4. The van der Waals surface area contributed by atoms with Gasteiger partial charge in [0.2, 0.25) is 5.91 Å². The van der Waals surface area contributed by atoms with Gasteiger partial charge in [0.1, 0.15) is 0 Å². The van der Waals surface area contributed by atoms with Crippen LogP contribution in [-0.4, -0.2) is 65.6 Å². The zero-order valence-electron chi connectivity index (χ0n) is 14.2. The first-order chi connectivity index (χ1) is 12.5. The normalized spacial score (nSPS) is 26.2. The van der Waals surface area contributed by atoms with E-state index in [4.69, 9.17) is 4.74 Å². The number of hydrogen-bond acceptors (Lipinski definition) is 6. The standard InChI is InChI=1S/C16H19FN6O3/c1-26-9-16(17)2-4-22(8-16)12-6-11(21-23-5-3-18-13(12)23)10-7-19-15(25)20-14(10)24/h3,5-6,10H,2,4,7-9H2,1H3,(H2,19,20,24,25). The van der Waals surface area contributed by atoms with E-state index >= 15 is 0 Å². The molecule has 2 aromatic rings. The van der Waals surface area contributed by atoms with Crippen molar-refractivity contribution in [1.82, 2.24) is 25.2 Å². The number of carbonyl (C=O) groups excluding carboxylic acids is 2. The lowest BCUT2D eigenvalue weighted by Gasteiger charge is -2.25. The van der Waals surface area contributed by atoms with Crippen LogP contribution in [0.5, 0.6) is 0 Å². The van der Waals surface area contributed by atoms with Gasteiger partial charge < -0.3 is 15.0 Å². The number of imidazole rings is 1. The van der Waals surface area contributed by atoms with Gasteiger partial charge in [-0.15, -0.1) is 0 Å². The Hall–Kier alpha value is -2.75. The monoisotopic (exact) mass is 362 g/mol. The molecule has 0 saturated carbocycles. The number of amides is 3. The molecule has 4 rings (SSSR count). The Morgan fingerprint density at radius 3 is 3.08 bits per heavy atom. The zero-order valence-corrected chi connectivity index (χ0v) is 14.2. The van der Waals surface area contributed by atoms with Crippen molar-refractivity contribution in [2.24, 2.45) is 0 Å². The van der Waals surface area contributed by atoms with Gasteiger partial charge in [0, 0.05) is 39.0 Å². The molecular weight excluding hydrogens is 343 g/mol. The molecule has 0 bridgehead atoms. The van der Waals surface area contributed by atoms with Crippen LogP contribution in [0.25, 0.3) is 5.65 Å². The van der Waals surface area contributed by atoms with Crippen molar-refractivity contribution < 1.29 is 18.7 Å². The first kappa shape index (κ1) is 16.7. The fraction of sp³-hybridized carbons (Fsp3) is 0.500. The van der Waals surface area contributed by atoms with Gasteiger partial charge in [-0.05, 0) is 6.07 Å². The van der Waals surface area contributed by atoms with Gasteiger partial charge in [-0.3, -0.25) is 10.1 Å². The van der Waals surface area contributed by atoms with Crippen LogP contribution >= 0.6 is 0 Å². The summed E-state index contributed by atoms with van der Waals surface area (Å²) < 4.78 is 21.4. The van der Waals surface area contributed by atoms with E-state index in [9.17, 15) is 14.0 Å². The van der Waals surface area contributed by atoms with Crippen LogP contribution in [0.15, 0.2) is 18.5 Å². The number of halogens is 1. The van der Waals surface area contributed by atoms with E-state index in [0.717, 1.165) is 0 Å². The minimum atomic E-state index is -1.42. The smallest absolute Gasteiger partial charge is 0.321 e. The second-order valence-corrected chi connectivity index (χ2v) is 6.66. The first-order valence-corrected chi connectivity index (χ1v) is 8.35. The lowest BCUT2D eigenvalue weighted by Crippen LogP contribution is -2.51. The molecule has 2 unspecified atom stereocenters. The van der Waals surface area contributed by atoms with Crippen LogP contribution in [0.1, 0.15) is 18.0 Å². The van der Waals surface area contributed by atoms with Gasteiger partial charge in [-0.2, -0.15) is 5.10 Å². The van der Waals surface area contributed by atoms with Crippen LogP contribution in [0.4, 0.5) is 14.9 Å². The molecular formula is C16H19FN6O3. The average Bonchev–Trinajstić information content (AvgIpc) is 3.21. The van der Waals surface area contributed by atoms with E-state index in [1.807, 2.05) is 4.90 Å². The number of nitrogens with one attached hydrogen (secondary N) is 2. The Balaban J connectivity index is 1.70. The van der Waals surface area contributed by atoms with Crippen molar-refractivity contribution in [3.05, 3.63) is 24.2 Å². The number of hydrogen-bond donors (Lipinski definition) is 2. The van der Waals surface area contributed by atoms with Crippen LogP contribution in [0, 0.1) is 0 Å². The van der Waals surface area contributed by atoms with Gasteiger partial charge in [0.15, 0.2) is 11.3 Å². The second-order valence-electron chi connectivity index (χ2n) is 6.66. The molecule has 2 aliphatic rings. The molecule has 10 heteroatoms. The lowest BCUT2D eigenvalue weighted by molar-refractivity contribution is -0.122. The Labute approximate surface area is 148 Å². The quantitative estimate of drug-likeness (QED) is 0.807. The maximum absolute atomic E-state index is 14.8. The molecule has 2 aromatic heterocycles. The highest BCUT2D eigenvalue weighted by molar-refractivity contribution is 6.00. The van der Waals surface area contributed by atoms with Gasteiger partial charge in [-0.25, -0.2) is 18.7 Å². The molecule has 138 valence electrons. The number of urea groups is 1. The maximum Gasteiger partial charge on any atom is 0.321 e. The molecule has 2 saturated heterocycles. The third-order valence-corrected chi connectivity index (χ3v) is 4.78. The number of imide groups is 1. The Kier molecular flexibility index (Phi) is 3.98. The molecule has 0 aromatic carbocycles. The molecule has 0 radical (unpaired) electrons. The SMILES string of the molecule is COCC1(F)CCN(c2cc(C3CNC(=O)NC3=O)nn3ccnc23)C1. The molecule has 3 amide bonds. The highest BCUT2D eigenvalue weighted by atomic mass is 19.1. The van der Waals surface area contributed by atoms with E-state index in [0.29, 0.717) is 30.0 Å². The number of anilines is 1. The summed E-state index contributed by atoms with van der Waals surface area (Å²) in [4.78, 5) is 29.7. The molecule has 0 aliphatic carbocycles. The summed E-state index contributed by atoms with van der Waals surface area (Å²) in [6.07, 6.45) is 3.63. The van der Waals surface area contributed by atoms with Crippen LogP contribution in [-0.2, 0) is 9.53 Å². The molecule has 9 nitrogen and oxygen atoms in total. The largest absolute Gasteiger partial charge is 0.381 e. The molecule has 2 N–H and O–H groups in total. The minimum absolute atomic E-state index is 0.0310. The predicted octanol–water partition coefficient (Wildman–Crippen LogP) is 0.217. The number of nitrogens with zero attached hydrogens (tertiary/aromatic N) is 4. The summed E-state index contributed by atoms with van der Waals surface area (Å²) in [7, 11) is 1.48. The number of methoxy groups -OCH3 is 1. The van der Waals surface area contributed by atoms with Gasteiger partial charge in [0.25, 0.3) is 0 Å². The summed E-state index contributed by atoms with van der Waals surface area (Å²) in [5, 5.41) is 9.28. The van der Waals surface area contributed by atoms with E-state index in [-0.39, 0.29) is 19.7 Å². The number of aromatic nitrogens is 3. The second kappa shape index (κ2) is 6.20. The zero-order chi connectivity index (χ0) is 18.3. The molecule has 26 heavy (non-hydrogen) atoms. The van der Waals surface area contributed by atoms with Crippen molar-refractivity contribution in [2.75, 3.05) is 38.3 Å². The fourth-order valence-electron chi connectivity index (χ4n) is 3.51. The van der Waals surface area contributed by atoms with E-state index in [1.54, 1.807) is 23.0 Å². The topological polar surface area (TPSA) is 101 Å². The Bertz CT molecular complexity index is 871. The van der Waals surface area contributed by atoms with Crippen molar-refractivity contribution in [1.29, 1.82) is 0 Å². The predicted molar refractivity (Wildman–Crippen MR) is 89.8 cm³/mol. The van der Waals surface area contributed by atoms with Crippen molar-refractivity contribution >= 4 is 23.3 Å². The number of ether oxygens (including phenoxy) is 1.